The number of aromatic nitrogens is 4. The molecule has 0 saturated carbocycles. The first-order valence-corrected chi connectivity index (χ1v) is 14.2. The van der Waals surface area contributed by atoms with E-state index >= 15 is 0 Å². The van der Waals surface area contributed by atoms with E-state index in [1.165, 1.54) is 43.1 Å². The first-order chi connectivity index (χ1) is 22.5. The first-order valence-electron chi connectivity index (χ1n) is 13.8. The third-order valence-electron chi connectivity index (χ3n) is 6.55. The second-order valence-corrected chi connectivity index (χ2v) is 10.1. The van der Waals surface area contributed by atoms with Gasteiger partial charge in [-0.3, -0.25) is 0 Å². The molecule has 0 spiro atoms. The molecule has 0 aliphatic carbocycles. The Hall–Kier alpha value is -4.09. The zero-order valence-electron chi connectivity index (χ0n) is 24.1. The summed E-state index contributed by atoms with van der Waals surface area (Å²) in [6.45, 7) is 1.86. The molecular formula is C30H25ClF6N4O6. The molecule has 0 atom stereocenters. The van der Waals surface area contributed by atoms with Gasteiger partial charge in [0.15, 0.2) is 12.6 Å². The van der Waals surface area contributed by atoms with Gasteiger partial charge in [-0.1, -0.05) is 35.9 Å². The number of ether oxygens (including phenoxy) is 6. The van der Waals surface area contributed by atoms with E-state index in [4.69, 9.17) is 40.0 Å². The maximum Gasteiger partial charge on any atom is 0.416 e. The van der Waals surface area contributed by atoms with Crippen LogP contribution in [0.2, 0.25) is 5.15 Å². The number of nitrogens with zero attached hydrogens (tertiary/aromatic N) is 4. The second kappa shape index (κ2) is 15.2. The van der Waals surface area contributed by atoms with Crippen molar-refractivity contribution in [3.05, 3.63) is 106 Å². The highest BCUT2D eigenvalue weighted by Crippen LogP contribution is 2.35. The quantitative estimate of drug-likeness (QED) is 0.144. The molecule has 0 radical (unpaired) electrons. The Kier molecular flexibility index (Phi) is 11.1. The van der Waals surface area contributed by atoms with Crippen LogP contribution >= 0.6 is 11.6 Å². The Bertz CT molecular complexity index is 1600. The van der Waals surface area contributed by atoms with Gasteiger partial charge in [-0.25, -0.2) is 19.9 Å². The van der Waals surface area contributed by atoms with Gasteiger partial charge in [0.25, 0.3) is 0 Å². The maximum absolute atomic E-state index is 12.5. The van der Waals surface area contributed by atoms with Gasteiger partial charge in [-0.2, -0.15) is 26.3 Å². The number of rotatable bonds is 8. The monoisotopic (exact) mass is 686 g/mol. The molecule has 0 bridgehead atoms. The molecule has 0 N–H and O–H groups in total. The summed E-state index contributed by atoms with van der Waals surface area (Å²) in [6.07, 6.45) is -5.95. The minimum absolute atomic E-state index is 0.0190. The normalized spacial score (nSPS) is 15.7. The van der Waals surface area contributed by atoms with Crippen molar-refractivity contribution in [3.63, 3.8) is 0 Å². The second-order valence-electron chi connectivity index (χ2n) is 9.78. The van der Waals surface area contributed by atoms with Crippen molar-refractivity contribution >= 4 is 11.6 Å². The van der Waals surface area contributed by atoms with E-state index in [0.29, 0.717) is 48.7 Å². The van der Waals surface area contributed by atoms with Crippen molar-refractivity contribution in [2.75, 3.05) is 26.4 Å². The predicted molar refractivity (Wildman–Crippen MR) is 150 cm³/mol. The van der Waals surface area contributed by atoms with Crippen molar-refractivity contribution in [1.82, 2.24) is 19.9 Å². The van der Waals surface area contributed by atoms with Crippen LogP contribution in [0.1, 0.15) is 46.0 Å². The Morgan fingerprint density at radius 3 is 1.62 bits per heavy atom. The number of hydrogen-bond donors (Lipinski definition) is 0. The molecule has 2 aliphatic rings. The number of halogens is 7. The Balaban J connectivity index is 0.000000185. The van der Waals surface area contributed by atoms with E-state index in [2.05, 4.69) is 19.9 Å². The molecular weight excluding hydrogens is 662 g/mol. The molecule has 2 saturated heterocycles. The largest absolute Gasteiger partial charge is 0.472 e. The molecule has 6 rings (SSSR count). The molecule has 0 amide bonds. The van der Waals surface area contributed by atoms with E-state index in [1.807, 2.05) is 0 Å². The lowest BCUT2D eigenvalue weighted by molar-refractivity contribution is -0.138. The van der Waals surface area contributed by atoms with Gasteiger partial charge in [0.2, 0.25) is 11.8 Å². The molecule has 2 aromatic carbocycles. The summed E-state index contributed by atoms with van der Waals surface area (Å²) in [4.78, 5) is 15.8. The maximum atomic E-state index is 12.5. The first kappa shape index (κ1) is 34.3. The molecule has 2 fully saturated rings. The predicted octanol–water partition coefficient (Wildman–Crippen LogP) is 6.89. The SMILES string of the molecule is FC(F)(F)c1ccc(COc2ncnc(Cl)c2C2OCCO2)cc1.FC(F)(F)c1ccc(COc2ncncc2C2OCCO2)cc1. The molecule has 4 heterocycles. The summed E-state index contributed by atoms with van der Waals surface area (Å²) >= 11 is 6.05. The Labute approximate surface area is 268 Å². The topological polar surface area (TPSA) is 107 Å². The highest BCUT2D eigenvalue weighted by molar-refractivity contribution is 6.30. The Morgan fingerprint density at radius 2 is 1.11 bits per heavy atom. The zero-order chi connectivity index (χ0) is 33.4. The van der Waals surface area contributed by atoms with Crippen molar-refractivity contribution in [1.29, 1.82) is 0 Å². The van der Waals surface area contributed by atoms with Gasteiger partial charge in [0, 0.05) is 6.20 Å². The molecule has 250 valence electrons. The van der Waals surface area contributed by atoms with Crippen LogP contribution in [0.5, 0.6) is 11.8 Å². The van der Waals surface area contributed by atoms with E-state index in [0.717, 1.165) is 24.3 Å². The summed E-state index contributed by atoms with van der Waals surface area (Å²) in [5.74, 6) is 0.452. The number of benzene rings is 2. The van der Waals surface area contributed by atoms with E-state index in [1.54, 1.807) is 0 Å². The average Bonchev–Trinajstić information content (AvgIpc) is 3.79. The Morgan fingerprint density at radius 1 is 0.638 bits per heavy atom. The fraction of sp³-hybridized carbons (Fsp3) is 0.333. The minimum Gasteiger partial charge on any atom is -0.472 e. The van der Waals surface area contributed by atoms with Crippen molar-refractivity contribution < 1.29 is 54.8 Å². The van der Waals surface area contributed by atoms with E-state index < -0.39 is 36.1 Å². The highest BCUT2D eigenvalue weighted by atomic mass is 35.5. The lowest BCUT2D eigenvalue weighted by Gasteiger charge is -2.15. The fourth-order valence-electron chi connectivity index (χ4n) is 4.23. The molecule has 17 heteroatoms. The van der Waals surface area contributed by atoms with Crippen LogP contribution in [0.3, 0.4) is 0 Å². The molecule has 10 nitrogen and oxygen atoms in total. The molecule has 2 aliphatic heterocycles. The summed E-state index contributed by atoms with van der Waals surface area (Å²) in [6, 6.07) is 9.44. The van der Waals surface area contributed by atoms with E-state index in [-0.39, 0.29) is 30.1 Å². The van der Waals surface area contributed by atoms with Gasteiger partial charge in [0.05, 0.1) is 43.1 Å². The van der Waals surface area contributed by atoms with Crippen molar-refractivity contribution in [3.8, 4) is 11.8 Å². The average molecular weight is 687 g/mol. The minimum atomic E-state index is -4.37. The van der Waals surface area contributed by atoms with Crippen LogP contribution in [-0.4, -0.2) is 46.4 Å². The zero-order valence-corrected chi connectivity index (χ0v) is 24.9. The van der Waals surface area contributed by atoms with Crippen LogP contribution in [0.4, 0.5) is 26.3 Å². The van der Waals surface area contributed by atoms with Crippen LogP contribution < -0.4 is 9.47 Å². The van der Waals surface area contributed by atoms with Crippen LogP contribution in [0, 0.1) is 0 Å². The highest BCUT2D eigenvalue weighted by Gasteiger charge is 2.31. The fourth-order valence-corrected chi connectivity index (χ4v) is 4.44. The van der Waals surface area contributed by atoms with E-state index in [9.17, 15) is 26.3 Å². The van der Waals surface area contributed by atoms with Gasteiger partial charge in [-0.05, 0) is 35.4 Å². The van der Waals surface area contributed by atoms with Crippen LogP contribution in [-0.2, 0) is 44.5 Å². The summed E-state index contributed by atoms with van der Waals surface area (Å²) in [5, 5.41) is 0.138. The molecule has 0 unspecified atom stereocenters. The third kappa shape index (κ3) is 9.26. The lowest BCUT2D eigenvalue weighted by Crippen LogP contribution is -2.08. The molecule has 47 heavy (non-hydrogen) atoms. The van der Waals surface area contributed by atoms with Crippen LogP contribution in [0.15, 0.2) is 67.4 Å². The standard InChI is InChI=1S/C15H12ClF3N2O3.C15H13F3N2O3/c16-12-11(14-22-5-6-23-14)13(21-8-20-12)24-7-9-1-3-10(4-2-9)15(17,18)19;16-15(17,18)11-3-1-10(2-4-11)8-23-13-12(7-19-9-20-13)14-21-5-6-22-14/h1-4,8,14H,5-7H2;1-4,7,9,14H,5-6,8H2. The molecule has 2 aromatic heterocycles. The summed E-state index contributed by atoms with van der Waals surface area (Å²) in [7, 11) is 0. The summed E-state index contributed by atoms with van der Waals surface area (Å²) < 4.78 is 108. The van der Waals surface area contributed by atoms with Crippen molar-refractivity contribution in [2.45, 2.75) is 38.1 Å². The third-order valence-corrected chi connectivity index (χ3v) is 6.85. The van der Waals surface area contributed by atoms with Crippen molar-refractivity contribution in [2.24, 2.45) is 0 Å². The lowest BCUT2D eigenvalue weighted by atomic mass is 10.1. The molecule has 4 aromatic rings. The van der Waals surface area contributed by atoms with Crippen LogP contribution in [0.25, 0.3) is 0 Å². The summed E-state index contributed by atoms with van der Waals surface area (Å²) in [5.41, 5.74) is 0.648. The van der Waals surface area contributed by atoms with Gasteiger partial charge < -0.3 is 28.4 Å². The van der Waals surface area contributed by atoms with Gasteiger partial charge >= 0.3 is 12.4 Å². The smallest absolute Gasteiger partial charge is 0.416 e. The number of alkyl halides is 6. The van der Waals surface area contributed by atoms with Gasteiger partial charge in [0.1, 0.15) is 36.6 Å². The van der Waals surface area contributed by atoms with Gasteiger partial charge in [-0.15, -0.1) is 0 Å². The number of hydrogen-bond acceptors (Lipinski definition) is 10.